The lowest BCUT2D eigenvalue weighted by atomic mass is 9.90. The molecule has 4 aromatic rings. The lowest BCUT2D eigenvalue weighted by Crippen LogP contribution is -2.38. The van der Waals surface area contributed by atoms with Crippen LogP contribution < -0.4 is 5.32 Å². The van der Waals surface area contributed by atoms with Crippen molar-refractivity contribution in [3.05, 3.63) is 84.3 Å². The van der Waals surface area contributed by atoms with Gasteiger partial charge in [0.05, 0.1) is 5.52 Å². The van der Waals surface area contributed by atoms with Crippen LogP contribution in [0, 0.1) is 5.92 Å². The molecule has 1 saturated heterocycles. The number of piperidine rings is 1. The monoisotopic (exact) mass is 411 g/mol. The number of carbonyl (C=O) groups is 1. The molecule has 156 valence electrons. The lowest BCUT2D eigenvalue weighted by Gasteiger charge is -2.32. The lowest BCUT2D eigenvalue weighted by molar-refractivity contribution is 0.0690. The average Bonchev–Trinajstić information content (AvgIpc) is 3.30. The normalized spacial score (nSPS) is 14.6. The Bertz CT molecular complexity index is 1180. The number of amides is 1. The molecule has 1 amide bonds. The fraction of sp³-hybridized carbons (Fsp3) is 0.240. The number of H-pyrrole nitrogens is 1. The summed E-state index contributed by atoms with van der Waals surface area (Å²) in [4.78, 5) is 26.8. The predicted octanol–water partition coefficient (Wildman–Crippen LogP) is 4.80. The molecule has 3 heterocycles. The Balaban J connectivity index is 1.24. The van der Waals surface area contributed by atoms with Crippen molar-refractivity contribution in [2.24, 2.45) is 5.92 Å². The molecule has 1 aliphatic heterocycles. The standard InChI is InChI=1S/C25H25N5O/c31-25(30-13-10-19(11-14-30)15-18-5-2-1-3-6-18)20-7-4-8-21(16-20)29-24-23-22(9-12-26-23)27-17-28-24/h1-9,12,16-17,19,26H,10-11,13-15H2,(H,27,28,29). The average molecular weight is 412 g/mol. The van der Waals surface area contributed by atoms with E-state index in [-0.39, 0.29) is 5.91 Å². The van der Waals surface area contributed by atoms with E-state index in [1.54, 1.807) is 0 Å². The fourth-order valence-corrected chi connectivity index (χ4v) is 4.30. The molecule has 0 radical (unpaired) electrons. The van der Waals surface area contributed by atoms with E-state index in [4.69, 9.17) is 0 Å². The SMILES string of the molecule is O=C(c1cccc(Nc2ncnc3cc[nH]c23)c1)N1CCC(Cc2ccccc2)CC1. The maximum absolute atomic E-state index is 13.1. The number of nitrogens with zero attached hydrogens (tertiary/aromatic N) is 3. The number of hydrogen-bond donors (Lipinski definition) is 2. The summed E-state index contributed by atoms with van der Waals surface area (Å²) in [5.41, 5.74) is 4.61. The largest absolute Gasteiger partial charge is 0.357 e. The van der Waals surface area contributed by atoms with Crippen LogP contribution in [0.2, 0.25) is 0 Å². The number of likely N-dealkylation sites (tertiary alicyclic amines) is 1. The second kappa shape index (κ2) is 8.60. The Labute approximate surface area is 181 Å². The molecule has 0 atom stereocenters. The summed E-state index contributed by atoms with van der Waals surface area (Å²) in [6.45, 7) is 1.62. The van der Waals surface area contributed by atoms with Crippen molar-refractivity contribution < 1.29 is 4.79 Å². The van der Waals surface area contributed by atoms with Crippen molar-refractivity contribution in [1.29, 1.82) is 0 Å². The van der Waals surface area contributed by atoms with Gasteiger partial charge in [0, 0.05) is 30.5 Å². The molecule has 0 aliphatic carbocycles. The Morgan fingerprint density at radius 2 is 1.87 bits per heavy atom. The first-order valence-electron chi connectivity index (χ1n) is 10.7. The molecule has 5 rings (SSSR count). The Morgan fingerprint density at radius 3 is 2.71 bits per heavy atom. The number of benzene rings is 2. The van der Waals surface area contributed by atoms with E-state index in [1.165, 1.54) is 11.9 Å². The molecule has 0 unspecified atom stereocenters. The van der Waals surface area contributed by atoms with E-state index < -0.39 is 0 Å². The summed E-state index contributed by atoms with van der Waals surface area (Å²) in [7, 11) is 0. The van der Waals surface area contributed by atoms with Gasteiger partial charge in [0.25, 0.3) is 5.91 Å². The smallest absolute Gasteiger partial charge is 0.253 e. The summed E-state index contributed by atoms with van der Waals surface area (Å²) >= 11 is 0. The van der Waals surface area contributed by atoms with Crippen LogP contribution in [0.3, 0.4) is 0 Å². The number of fused-ring (bicyclic) bond motifs is 1. The molecule has 0 bridgehead atoms. The van der Waals surface area contributed by atoms with Gasteiger partial charge in [-0.1, -0.05) is 36.4 Å². The van der Waals surface area contributed by atoms with Crippen LogP contribution in [0.5, 0.6) is 0 Å². The van der Waals surface area contributed by atoms with Crippen molar-refractivity contribution >= 4 is 28.4 Å². The second-order valence-electron chi connectivity index (χ2n) is 8.09. The first-order valence-corrected chi connectivity index (χ1v) is 10.7. The van der Waals surface area contributed by atoms with E-state index >= 15 is 0 Å². The zero-order chi connectivity index (χ0) is 21.0. The highest BCUT2D eigenvalue weighted by molar-refractivity contribution is 5.96. The third kappa shape index (κ3) is 4.28. The topological polar surface area (TPSA) is 73.9 Å². The Hall–Kier alpha value is -3.67. The number of aromatic nitrogens is 3. The maximum atomic E-state index is 13.1. The third-order valence-electron chi connectivity index (χ3n) is 5.99. The van der Waals surface area contributed by atoms with Crippen LogP contribution in [0.4, 0.5) is 11.5 Å². The number of aromatic amines is 1. The van der Waals surface area contributed by atoms with Gasteiger partial charge in [-0.15, -0.1) is 0 Å². The van der Waals surface area contributed by atoms with E-state index in [0.717, 1.165) is 49.1 Å². The zero-order valence-electron chi connectivity index (χ0n) is 17.3. The van der Waals surface area contributed by atoms with Crippen molar-refractivity contribution in [2.75, 3.05) is 18.4 Å². The number of rotatable bonds is 5. The molecule has 0 saturated carbocycles. The van der Waals surface area contributed by atoms with Gasteiger partial charge in [-0.25, -0.2) is 9.97 Å². The summed E-state index contributed by atoms with van der Waals surface area (Å²) in [5, 5.41) is 3.31. The van der Waals surface area contributed by atoms with Gasteiger partial charge in [0.15, 0.2) is 5.82 Å². The minimum absolute atomic E-state index is 0.0921. The number of anilines is 2. The summed E-state index contributed by atoms with van der Waals surface area (Å²) < 4.78 is 0. The van der Waals surface area contributed by atoms with Gasteiger partial charge in [-0.2, -0.15) is 0 Å². The minimum atomic E-state index is 0.0921. The summed E-state index contributed by atoms with van der Waals surface area (Å²) in [6, 6.07) is 20.2. The van der Waals surface area contributed by atoms with Crippen LogP contribution in [-0.4, -0.2) is 38.8 Å². The number of hydrogen-bond acceptors (Lipinski definition) is 4. The van der Waals surface area contributed by atoms with Crippen LogP contribution in [0.1, 0.15) is 28.8 Å². The fourth-order valence-electron chi connectivity index (χ4n) is 4.30. The Kier molecular flexibility index (Phi) is 5.35. The highest BCUT2D eigenvalue weighted by Crippen LogP contribution is 2.25. The summed E-state index contributed by atoms with van der Waals surface area (Å²) in [5.74, 6) is 1.43. The molecule has 2 aromatic carbocycles. The van der Waals surface area contributed by atoms with E-state index in [1.807, 2.05) is 41.4 Å². The van der Waals surface area contributed by atoms with Crippen LogP contribution in [0.25, 0.3) is 11.0 Å². The van der Waals surface area contributed by atoms with Gasteiger partial charge < -0.3 is 15.2 Å². The second-order valence-corrected chi connectivity index (χ2v) is 8.09. The molecule has 1 fully saturated rings. The number of carbonyl (C=O) groups excluding carboxylic acids is 1. The summed E-state index contributed by atoms with van der Waals surface area (Å²) in [6.07, 6.45) is 6.56. The van der Waals surface area contributed by atoms with E-state index in [2.05, 4.69) is 50.6 Å². The molecule has 2 N–H and O–H groups in total. The third-order valence-corrected chi connectivity index (χ3v) is 5.99. The van der Waals surface area contributed by atoms with Crippen LogP contribution >= 0.6 is 0 Å². The molecular weight excluding hydrogens is 386 g/mol. The van der Waals surface area contributed by atoms with Gasteiger partial charge in [-0.3, -0.25) is 4.79 Å². The van der Waals surface area contributed by atoms with Crippen molar-refractivity contribution in [1.82, 2.24) is 19.9 Å². The van der Waals surface area contributed by atoms with Crippen LogP contribution in [-0.2, 0) is 6.42 Å². The first kappa shape index (κ1) is 19.3. The molecule has 1 aliphatic rings. The Morgan fingerprint density at radius 1 is 1.03 bits per heavy atom. The van der Waals surface area contributed by atoms with Crippen molar-refractivity contribution in [2.45, 2.75) is 19.3 Å². The molecule has 31 heavy (non-hydrogen) atoms. The molecule has 0 spiro atoms. The van der Waals surface area contributed by atoms with Crippen molar-refractivity contribution in [3.8, 4) is 0 Å². The van der Waals surface area contributed by atoms with Gasteiger partial charge in [0.2, 0.25) is 0 Å². The van der Waals surface area contributed by atoms with Gasteiger partial charge >= 0.3 is 0 Å². The molecule has 2 aromatic heterocycles. The van der Waals surface area contributed by atoms with Crippen LogP contribution in [0.15, 0.2) is 73.2 Å². The minimum Gasteiger partial charge on any atom is -0.357 e. The molecular formula is C25H25N5O. The highest BCUT2D eigenvalue weighted by atomic mass is 16.2. The molecule has 6 nitrogen and oxygen atoms in total. The maximum Gasteiger partial charge on any atom is 0.253 e. The highest BCUT2D eigenvalue weighted by Gasteiger charge is 2.24. The van der Waals surface area contributed by atoms with Gasteiger partial charge in [-0.05, 0) is 55.0 Å². The predicted molar refractivity (Wildman–Crippen MR) is 122 cm³/mol. The quantitative estimate of drug-likeness (QED) is 0.495. The van der Waals surface area contributed by atoms with Crippen molar-refractivity contribution in [3.63, 3.8) is 0 Å². The van der Waals surface area contributed by atoms with E-state index in [0.29, 0.717) is 17.3 Å². The first-order chi connectivity index (χ1) is 15.3. The van der Waals surface area contributed by atoms with Gasteiger partial charge in [0.1, 0.15) is 11.8 Å². The van der Waals surface area contributed by atoms with E-state index in [9.17, 15) is 4.79 Å². The molecule has 6 heteroatoms. The zero-order valence-corrected chi connectivity index (χ0v) is 17.3. The number of nitrogens with one attached hydrogen (secondary N) is 2.